The lowest BCUT2D eigenvalue weighted by Crippen LogP contribution is -2.31. The van der Waals surface area contributed by atoms with Crippen molar-refractivity contribution in [1.82, 2.24) is 15.2 Å². The van der Waals surface area contributed by atoms with E-state index in [1.807, 2.05) is 29.5 Å². The van der Waals surface area contributed by atoms with Crippen molar-refractivity contribution in [2.75, 3.05) is 26.7 Å². The van der Waals surface area contributed by atoms with Crippen molar-refractivity contribution < 1.29 is 9.53 Å². The molecule has 1 saturated heterocycles. The number of rotatable bonds is 7. The summed E-state index contributed by atoms with van der Waals surface area (Å²) in [6, 6.07) is 7.24. The number of nitrogens with one attached hydrogen (secondary N) is 1. The van der Waals surface area contributed by atoms with Gasteiger partial charge in [0.15, 0.2) is 0 Å². The monoisotopic (exact) mass is 451 g/mol. The third-order valence-corrected chi connectivity index (χ3v) is 5.36. The third kappa shape index (κ3) is 7.12. The number of carbonyl (C=O) groups is 1. The molecule has 3 rings (SSSR count). The first-order valence-electron chi connectivity index (χ1n) is 8.38. The van der Waals surface area contributed by atoms with Crippen LogP contribution in [0.3, 0.4) is 0 Å². The van der Waals surface area contributed by atoms with Gasteiger partial charge in [0.25, 0.3) is 0 Å². The van der Waals surface area contributed by atoms with Crippen molar-refractivity contribution in [3.8, 4) is 5.75 Å². The van der Waals surface area contributed by atoms with E-state index in [9.17, 15) is 4.79 Å². The molecule has 1 atom stereocenters. The molecule has 1 aliphatic rings. The Morgan fingerprint density at radius 3 is 2.81 bits per heavy atom. The molecule has 1 aliphatic heterocycles. The van der Waals surface area contributed by atoms with Crippen LogP contribution in [0.5, 0.6) is 5.75 Å². The minimum atomic E-state index is 0. The predicted molar refractivity (Wildman–Crippen MR) is 115 cm³/mol. The number of thiazole rings is 1. The van der Waals surface area contributed by atoms with E-state index >= 15 is 0 Å². The zero-order chi connectivity index (χ0) is 17.6. The lowest BCUT2D eigenvalue weighted by atomic mass is 10.1. The van der Waals surface area contributed by atoms with Gasteiger partial charge >= 0.3 is 0 Å². The smallest absolute Gasteiger partial charge is 0.228 e. The highest BCUT2D eigenvalue weighted by Crippen LogP contribution is 2.20. The summed E-state index contributed by atoms with van der Waals surface area (Å²) in [5.74, 6) is 1.48. The van der Waals surface area contributed by atoms with E-state index in [4.69, 9.17) is 16.3 Å². The molecule has 1 amide bonds. The first-order valence-corrected chi connectivity index (χ1v) is 9.64. The maximum Gasteiger partial charge on any atom is 0.228 e. The Kier molecular flexibility index (Phi) is 10.4. The molecule has 150 valence electrons. The molecule has 5 nitrogen and oxygen atoms in total. The van der Waals surface area contributed by atoms with Crippen LogP contribution in [0.4, 0.5) is 0 Å². The van der Waals surface area contributed by atoms with Crippen LogP contribution in [0.2, 0.25) is 5.02 Å². The number of likely N-dealkylation sites (tertiary alicyclic amines) is 1. The zero-order valence-electron chi connectivity index (χ0n) is 15.0. The number of carbonyl (C=O) groups excluding carboxylic acids is 1. The van der Waals surface area contributed by atoms with Gasteiger partial charge in [0, 0.05) is 23.5 Å². The van der Waals surface area contributed by atoms with Crippen LogP contribution < -0.4 is 10.1 Å². The third-order valence-electron chi connectivity index (χ3n) is 4.24. The van der Waals surface area contributed by atoms with Crippen LogP contribution in [0.1, 0.15) is 17.1 Å². The van der Waals surface area contributed by atoms with Crippen molar-refractivity contribution in [3.05, 3.63) is 45.4 Å². The molecular weight excluding hydrogens is 429 g/mol. The summed E-state index contributed by atoms with van der Waals surface area (Å²) < 4.78 is 5.69. The summed E-state index contributed by atoms with van der Waals surface area (Å²) >= 11 is 7.38. The number of amides is 1. The van der Waals surface area contributed by atoms with Crippen LogP contribution in [0.15, 0.2) is 29.6 Å². The lowest BCUT2D eigenvalue weighted by molar-refractivity contribution is -0.129. The van der Waals surface area contributed by atoms with Crippen molar-refractivity contribution >= 4 is 53.7 Å². The molecule has 0 saturated carbocycles. The van der Waals surface area contributed by atoms with Gasteiger partial charge in [-0.3, -0.25) is 4.79 Å². The number of benzene rings is 1. The van der Waals surface area contributed by atoms with Crippen LogP contribution in [0, 0.1) is 5.92 Å². The number of nitrogens with zero attached hydrogens (tertiary/aromatic N) is 2. The Morgan fingerprint density at radius 2 is 2.11 bits per heavy atom. The second-order valence-electron chi connectivity index (χ2n) is 6.20. The highest BCUT2D eigenvalue weighted by molar-refractivity contribution is 7.09. The molecule has 1 aromatic carbocycles. The molecule has 27 heavy (non-hydrogen) atoms. The Hall–Kier alpha value is -1.05. The van der Waals surface area contributed by atoms with Gasteiger partial charge in [0.05, 0.1) is 12.1 Å². The number of halogens is 3. The van der Waals surface area contributed by atoms with Crippen LogP contribution in [-0.4, -0.2) is 42.5 Å². The van der Waals surface area contributed by atoms with E-state index in [1.165, 1.54) is 11.3 Å². The molecule has 9 heteroatoms. The Bertz CT molecular complexity index is 712. The van der Waals surface area contributed by atoms with Crippen LogP contribution in [-0.2, 0) is 17.8 Å². The molecule has 0 spiro atoms. The summed E-state index contributed by atoms with van der Waals surface area (Å²) in [6.45, 7) is 3.05. The molecule has 1 aromatic heterocycles. The average Bonchev–Trinajstić information content (AvgIpc) is 3.24. The maximum atomic E-state index is 12.4. The molecule has 2 aromatic rings. The molecule has 0 radical (unpaired) electrons. The molecule has 1 fully saturated rings. The van der Waals surface area contributed by atoms with Gasteiger partial charge in [-0.25, -0.2) is 4.98 Å². The highest BCUT2D eigenvalue weighted by Gasteiger charge is 2.26. The molecule has 1 unspecified atom stereocenters. The van der Waals surface area contributed by atoms with Crippen molar-refractivity contribution in [2.24, 2.45) is 5.92 Å². The second-order valence-corrected chi connectivity index (χ2v) is 7.58. The van der Waals surface area contributed by atoms with Crippen molar-refractivity contribution in [1.29, 1.82) is 0 Å². The van der Waals surface area contributed by atoms with Gasteiger partial charge in [-0.05, 0) is 50.2 Å². The summed E-state index contributed by atoms with van der Waals surface area (Å²) in [5, 5.41) is 6.68. The number of aromatic nitrogens is 1. The number of hydrogen-bond acceptors (Lipinski definition) is 5. The fraction of sp³-hybridized carbons (Fsp3) is 0.444. The average molecular weight is 453 g/mol. The zero-order valence-corrected chi connectivity index (χ0v) is 18.2. The van der Waals surface area contributed by atoms with Crippen LogP contribution >= 0.6 is 47.8 Å². The largest absolute Gasteiger partial charge is 0.486 e. The topological polar surface area (TPSA) is 54.5 Å². The fourth-order valence-corrected chi connectivity index (χ4v) is 3.78. The van der Waals surface area contributed by atoms with Gasteiger partial charge in [-0.1, -0.05) is 11.6 Å². The van der Waals surface area contributed by atoms with Crippen molar-refractivity contribution in [3.63, 3.8) is 0 Å². The molecule has 0 bridgehead atoms. The standard InChI is InChI=1S/C18H22ClN3O2S.2ClH/c1-20-9-13-6-7-22(10-13)18(23)8-15-12-25-17(21-15)11-24-16-4-2-14(19)3-5-16;;/h2-5,12-13,20H,6-11H2,1H3;2*1H. The Balaban J connectivity index is 0.00000182. The molecule has 1 N–H and O–H groups in total. The predicted octanol–water partition coefficient (Wildman–Crippen LogP) is 3.83. The number of hydrogen-bond donors (Lipinski definition) is 1. The first-order chi connectivity index (χ1) is 12.1. The summed E-state index contributed by atoms with van der Waals surface area (Å²) in [6.07, 6.45) is 1.44. The minimum absolute atomic E-state index is 0. The number of ether oxygens (including phenoxy) is 1. The normalized spacial score (nSPS) is 15.8. The Labute approximate surface area is 181 Å². The van der Waals surface area contributed by atoms with Gasteiger partial charge in [-0.2, -0.15) is 0 Å². The van der Waals surface area contributed by atoms with E-state index in [0.29, 0.717) is 24.0 Å². The Morgan fingerprint density at radius 1 is 1.37 bits per heavy atom. The van der Waals surface area contributed by atoms with Crippen molar-refractivity contribution in [2.45, 2.75) is 19.4 Å². The van der Waals surface area contributed by atoms with Crippen LogP contribution in [0.25, 0.3) is 0 Å². The highest BCUT2D eigenvalue weighted by atomic mass is 35.5. The SMILES string of the molecule is CNCC1CCN(C(=O)Cc2csc(COc3ccc(Cl)cc3)n2)C1.Cl.Cl. The van der Waals surface area contributed by atoms with E-state index in [1.54, 1.807) is 12.1 Å². The van der Waals surface area contributed by atoms with Gasteiger partial charge in [0.2, 0.25) is 5.91 Å². The fourth-order valence-electron chi connectivity index (χ4n) is 2.95. The van der Waals surface area contributed by atoms with E-state index in [-0.39, 0.29) is 30.7 Å². The van der Waals surface area contributed by atoms with E-state index in [0.717, 1.165) is 42.5 Å². The van der Waals surface area contributed by atoms with E-state index < -0.39 is 0 Å². The van der Waals surface area contributed by atoms with E-state index in [2.05, 4.69) is 10.3 Å². The molecule has 0 aliphatic carbocycles. The van der Waals surface area contributed by atoms with Gasteiger partial charge < -0.3 is 15.0 Å². The van der Waals surface area contributed by atoms with Gasteiger partial charge in [-0.15, -0.1) is 36.2 Å². The molecular formula is C18H24Cl3N3O2S. The maximum absolute atomic E-state index is 12.4. The first kappa shape index (κ1) is 24.0. The lowest BCUT2D eigenvalue weighted by Gasteiger charge is -2.15. The van der Waals surface area contributed by atoms with Gasteiger partial charge in [0.1, 0.15) is 17.4 Å². The minimum Gasteiger partial charge on any atom is -0.486 e. The quantitative estimate of drug-likeness (QED) is 0.694. The summed E-state index contributed by atoms with van der Waals surface area (Å²) in [7, 11) is 1.95. The summed E-state index contributed by atoms with van der Waals surface area (Å²) in [5.41, 5.74) is 0.821. The molecule has 2 heterocycles. The summed E-state index contributed by atoms with van der Waals surface area (Å²) in [4.78, 5) is 18.9. The second kappa shape index (κ2) is 11.7.